The fourth-order valence-corrected chi connectivity index (χ4v) is 6.52. The molecule has 42 heavy (non-hydrogen) atoms. The molecule has 0 saturated carbocycles. The zero-order valence-corrected chi connectivity index (χ0v) is 24.7. The normalized spacial score (nSPS) is 14.8. The molecule has 1 atom stereocenters. The maximum Gasteiger partial charge on any atom is 0.248 e. The fraction of sp³-hybridized carbons (Fsp3) is 0.212. The van der Waals surface area contributed by atoms with Crippen molar-refractivity contribution in [3.63, 3.8) is 0 Å². The van der Waals surface area contributed by atoms with Crippen molar-refractivity contribution in [3.05, 3.63) is 113 Å². The third kappa shape index (κ3) is 5.06. The summed E-state index contributed by atoms with van der Waals surface area (Å²) in [5.41, 5.74) is 8.76. The first-order chi connectivity index (χ1) is 20.5. The summed E-state index contributed by atoms with van der Waals surface area (Å²) in [4.78, 5) is 9.70. The van der Waals surface area contributed by atoms with E-state index in [-0.39, 0.29) is 6.42 Å². The van der Waals surface area contributed by atoms with Gasteiger partial charge in [-0.05, 0) is 54.3 Å². The quantitative estimate of drug-likeness (QED) is 0.218. The number of hydrazone groups is 1. The van der Waals surface area contributed by atoms with Gasteiger partial charge in [0.15, 0.2) is 11.5 Å². The molecule has 210 valence electrons. The lowest BCUT2D eigenvalue weighted by atomic mass is 9.98. The fourth-order valence-electron chi connectivity index (χ4n) is 5.35. The maximum atomic E-state index is 13.6. The Bertz CT molecular complexity index is 1860. The number of hydrogen-bond acceptors (Lipinski definition) is 5. The number of fused-ring (bicyclic) bond motifs is 1. The summed E-state index contributed by atoms with van der Waals surface area (Å²) < 4.78 is 19.0. The zero-order valence-electron chi connectivity index (χ0n) is 23.9. The Balaban J connectivity index is 1.35. The first kappa shape index (κ1) is 27.4. The van der Waals surface area contributed by atoms with Crippen molar-refractivity contribution >= 4 is 33.9 Å². The number of aryl methyl sites for hydroxylation is 3. The van der Waals surface area contributed by atoms with E-state index in [1.807, 2.05) is 55.5 Å². The van der Waals surface area contributed by atoms with E-state index in [9.17, 15) is 9.47 Å². The number of hydrogen-bond donors (Lipinski definition) is 0. The van der Waals surface area contributed by atoms with Gasteiger partial charge >= 0.3 is 0 Å². The lowest BCUT2D eigenvalue weighted by Gasteiger charge is -2.19. The topological polar surface area (TPSA) is 90.4 Å². The van der Waals surface area contributed by atoms with Gasteiger partial charge < -0.3 is 4.57 Å². The molecule has 0 amide bonds. The van der Waals surface area contributed by atoms with Crippen molar-refractivity contribution in [2.45, 2.75) is 40.2 Å². The first-order valence-corrected chi connectivity index (χ1v) is 15.1. The molecule has 1 aliphatic heterocycles. The molecule has 5 aromatic rings. The maximum absolute atomic E-state index is 13.6. The van der Waals surface area contributed by atoms with E-state index in [0.717, 1.165) is 62.6 Å². The number of aromatic nitrogens is 3. The monoisotopic (exact) mass is 573 g/mol. The van der Waals surface area contributed by atoms with Gasteiger partial charge in [0.2, 0.25) is 11.2 Å². The van der Waals surface area contributed by atoms with Crippen LogP contribution in [0.1, 0.15) is 41.6 Å². The zero-order chi connectivity index (χ0) is 29.2. The second-order valence-electron chi connectivity index (χ2n) is 10.2. The Labute approximate surface area is 248 Å². The molecule has 0 radical (unpaired) electrons. The molecule has 0 N–H and O–H groups in total. The third-order valence-electron chi connectivity index (χ3n) is 7.35. The van der Waals surface area contributed by atoms with Crippen LogP contribution in [0, 0.1) is 25.2 Å². The minimum atomic E-state index is -1.59. The summed E-state index contributed by atoms with van der Waals surface area (Å²) in [5.74, 6) is 1.61. The minimum absolute atomic E-state index is 0.237. The first-order valence-electron chi connectivity index (χ1n) is 14.0. The SMILES string of the molecule is CCc1nc2c(C)cc(C)nc2n1Cc1ccc(-c2ccccc2C2=NN(c3ccccc3)S(=O)N2CCC#N)cc1. The van der Waals surface area contributed by atoms with Gasteiger partial charge in [0.05, 0.1) is 24.7 Å². The molecule has 8 nitrogen and oxygen atoms in total. The van der Waals surface area contributed by atoms with Gasteiger partial charge in [0, 0.05) is 24.2 Å². The molecule has 9 heteroatoms. The number of benzene rings is 3. The van der Waals surface area contributed by atoms with Gasteiger partial charge in [-0.15, -0.1) is 5.10 Å². The highest BCUT2D eigenvalue weighted by atomic mass is 32.2. The standard InChI is InChI=1S/C33H31N7OS/c1-4-30-36-31-23(2)21-24(3)35-33(31)38(30)22-25-15-17-26(18-16-25)28-13-8-9-14-29(28)32-37-40(27-11-6-5-7-12-27)42(41)39(32)20-10-19-34/h5-9,11-18,21H,4,10,20,22H2,1-3H3. The molecule has 2 aromatic heterocycles. The van der Waals surface area contributed by atoms with Crippen molar-refractivity contribution in [1.29, 1.82) is 5.26 Å². The van der Waals surface area contributed by atoms with Crippen LogP contribution in [0.15, 0.2) is 90.0 Å². The van der Waals surface area contributed by atoms with Crippen LogP contribution in [0.2, 0.25) is 0 Å². The number of nitriles is 1. The largest absolute Gasteiger partial charge is 0.308 e. The summed E-state index contributed by atoms with van der Waals surface area (Å²) in [6, 6.07) is 30.2. The smallest absolute Gasteiger partial charge is 0.248 e. The van der Waals surface area contributed by atoms with Crippen molar-refractivity contribution < 1.29 is 4.21 Å². The van der Waals surface area contributed by atoms with Crippen LogP contribution in [0.25, 0.3) is 22.3 Å². The molecule has 0 fully saturated rings. The van der Waals surface area contributed by atoms with Crippen molar-refractivity contribution in [2.24, 2.45) is 5.10 Å². The second-order valence-corrected chi connectivity index (χ2v) is 11.5. The van der Waals surface area contributed by atoms with Crippen LogP contribution in [0.5, 0.6) is 0 Å². The number of amidine groups is 1. The summed E-state index contributed by atoms with van der Waals surface area (Å²) in [6.07, 6.45) is 1.06. The van der Waals surface area contributed by atoms with E-state index in [2.05, 4.69) is 60.9 Å². The van der Waals surface area contributed by atoms with Gasteiger partial charge in [-0.1, -0.05) is 73.7 Å². The molecule has 0 aliphatic carbocycles. The molecule has 3 aromatic carbocycles. The molecule has 6 rings (SSSR count). The molecular formula is C33H31N7OS. The lowest BCUT2D eigenvalue weighted by molar-refractivity contribution is 0.611. The summed E-state index contributed by atoms with van der Waals surface area (Å²) in [6.45, 7) is 7.22. The molecule has 1 unspecified atom stereocenters. The summed E-state index contributed by atoms with van der Waals surface area (Å²) in [7, 11) is 0. The highest BCUT2D eigenvalue weighted by molar-refractivity contribution is 7.85. The number of pyridine rings is 1. The Kier molecular flexibility index (Phi) is 7.55. The number of nitrogens with zero attached hydrogens (tertiary/aromatic N) is 7. The Morgan fingerprint density at radius 3 is 2.33 bits per heavy atom. The molecule has 0 spiro atoms. The molecule has 0 bridgehead atoms. The van der Waals surface area contributed by atoms with E-state index in [1.165, 1.54) is 4.41 Å². The molecule has 1 aliphatic rings. The highest BCUT2D eigenvalue weighted by Crippen LogP contribution is 2.31. The van der Waals surface area contributed by atoms with Crippen LogP contribution in [-0.4, -0.2) is 35.4 Å². The van der Waals surface area contributed by atoms with Crippen LogP contribution >= 0.6 is 0 Å². The van der Waals surface area contributed by atoms with Gasteiger partial charge in [-0.3, -0.25) is 4.31 Å². The number of para-hydroxylation sites is 1. The Hall–Kier alpha value is -4.81. The van der Waals surface area contributed by atoms with Crippen molar-refractivity contribution in [2.75, 3.05) is 11.0 Å². The van der Waals surface area contributed by atoms with Gasteiger partial charge in [-0.25, -0.2) is 14.2 Å². The average molecular weight is 574 g/mol. The van der Waals surface area contributed by atoms with E-state index < -0.39 is 11.2 Å². The molecule has 0 saturated heterocycles. The summed E-state index contributed by atoms with van der Waals surface area (Å²) >= 11 is -1.59. The van der Waals surface area contributed by atoms with Crippen LogP contribution < -0.4 is 4.41 Å². The van der Waals surface area contributed by atoms with Crippen molar-refractivity contribution in [1.82, 2.24) is 18.8 Å². The lowest BCUT2D eigenvalue weighted by Crippen LogP contribution is -2.33. The van der Waals surface area contributed by atoms with Crippen LogP contribution in [-0.2, 0) is 24.1 Å². The Morgan fingerprint density at radius 2 is 1.62 bits per heavy atom. The van der Waals surface area contributed by atoms with Crippen LogP contribution in [0.4, 0.5) is 5.69 Å². The van der Waals surface area contributed by atoms with Gasteiger partial charge in [0.25, 0.3) is 0 Å². The highest BCUT2D eigenvalue weighted by Gasteiger charge is 2.34. The molecular weight excluding hydrogens is 542 g/mol. The minimum Gasteiger partial charge on any atom is -0.308 e. The van der Waals surface area contributed by atoms with E-state index >= 15 is 0 Å². The van der Waals surface area contributed by atoms with Gasteiger partial charge in [-0.2, -0.15) is 9.68 Å². The predicted molar refractivity (Wildman–Crippen MR) is 168 cm³/mol. The van der Waals surface area contributed by atoms with Gasteiger partial charge in [0.1, 0.15) is 11.3 Å². The van der Waals surface area contributed by atoms with Crippen molar-refractivity contribution in [3.8, 4) is 17.2 Å². The number of anilines is 1. The van der Waals surface area contributed by atoms with E-state index in [0.29, 0.717) is 18.9 Å². The number of imidazole rings is 1. The Morgan fingerprint density at radius 1 is 0.905 bits per heavy atom. The number of rotatable bonds is 8. The average Bonchev–Trinajstić information content (AvgIpc) is 3.53. The van der Waals surface area contributed by atoms with Crippen LogP contribution in [0.3, 0.4) is 0 Å². The van der Waals surface area contributed by atoms with E-state index in [1.54, 1.807) is 4.31 Å². The second kappa shape index (κ2) is 11.6. The third-order valence-corrected chi connectivity index (χ3v) is 8.67. The molecule has 3 heterocycles. The van der Waals surface area contributed by atoms with E-state index in [4.69, 9.17) is 15.1 Å². The summed E-state index contributed by atoms with van der Waals surface area (Å²) in [5, 5.41) is 14.1. The predicted octanol–water partition coefficient (Wildman–Crippen LogP) is 6.30.